The Bertz CT molecular complexity index is 729. The molecule has 126 valence electrons. The molecule has 3 rings (SSSR count). The van der Waals surface area contributed by atoms with Crippen molar-refractivity contribution in [2.75, 3.05) is 37.5 Å². The molecule has 1 saturated heterocycles. The molecule has 0 amide bonds. The molecule has 2 heterocycles. The minimum absolute atomic E-state index is 0.204. The van der Waals surface area contributed by atoms with E-state index in [4.69, 9.17) is 16.3 Å². The Morgan fingerprint density at radius 1 is 1.35 bits per heavy atom. The lowest BCUT2D eigenvalue weighted by molar-refractivity contribution is -0.136. The summed E-state index contributed by atoms with van der Waals surface area (Å²) in [6.45, 7) is 2.38. The molecule has 2 aliphatic rings. The van der Waals surface area contributed by atoms with E-state index < -0.39 is 21.5 Å². The fraction of sp³-hybridized carbons (Fsp3) is 0.615. The van der Waals surface area contributed by atoms with Crippen LogP contribution in [0.4, 0.5) is 5.95 Å². The highest BCUT2D eigenvalue weighted by atomic mass is 35.5. The highest BCUT2D eigenvalue weighted by Gasteiger charge is 2.55. The normalized spacial score (nSPS) is 20.2. The molecule has 1 aliphatic carbocycles. The van der Waals surface area contributed by atoms with Gasteiger partial charge in [0.2, 0.25) is 5.95 Å². The van der Waals surface area contributed by atoms with E-state index in [9.17, 15) is 13.2 Å². The molecule has 1 saturated carbocycles. The fourth-order valence-corrected chi connectivity index (χ4v) is 3.08. The zero-order chi connectivity index (χ0) is 16.7. The zero-order valence-electron chi connectivity index (χ0n) is 12.5. The molecule has 8 nitrogen and oxygen atoms in total. The first-order chi connectivity index (χ1) is 10.8. The van der Waals surface area contributed by atoms with Gasteiger partial charge in [0.1, 0.15) is 10.6 Å². The summed E-state index contributed by atoms with van der Waals surface area (Å²) >= 11 is 6.06. The van der Waals surface area contributed by atoms with Gasteiger partial charge < -0.3 is 13.8 Å². The van der Waals surface area contributed by atoms with E-state index in [2.05, 4.69) is 14.2 Å². The monoisotopic (exact) mass is 361 g/mol. The third kappa shape index (κ3) is 3.56. The molecule has 0 unspecified atom stereocenters. The van der Waals surface area contributed by atoms with E-state index in [1.165, 1.54) is 6.07 Å². The topological polar surface area (TPSA) is 98.7 Å². The van der Waals surface area contributed by atoms with Crippen LogP contribution in [0.25, 0.3) is 0 Å². The Morgan fingerprint density at radius 2 is 2.00 bits per heavy atom. The Morgan fingerprint density at radius 3 is 2.57 bits per heavy atom. The number of aromatic nitrogens is 2. The van der Waals surface area contributed by atoms with Crippen LogP contribution in [0.15, 0.2) is 6.07 Å². The standard InChI is InChI=1S/C13H16ClN3O5S/c1-23(19,20)22-11(18)13(2-3-13)9-8-10(14)16-12(15-9)17-4-6-21-7-5-17/h8H,2-7H2,1H3. The first-order valence-corrected chi connectivity index (χ1v) is 9.31. The molecular formula is C13H16ClN3O5S. The fourth-order valence-electron chi connectivity index (χ4n) is 2.46. The highest BCUT2D eigenvalue weighted by molar-refractivity contribution is 7.86. The van der Waals surface area contributed by atoms with Crippen molar-refractivity contribution in [2.24, 2.45) is 0 Å². The van der Waals surface area contributed by atoms with Gasteiger partial charge in [0.25, 0.3) is 0 Å². The number of nitrogens with zero attached hydrogens (tertiary/aromatic N) is 3. The van der Waals surface area contributed by atoms with Crippen LogP contribution in [0.5, 0.6) is 0 Å². The molecule has 10 heteroatoms. The lowest BCUT2D eigenvalue weighted by Gasteiger charge is -2.27. The predicted octanol–water partition coefficient (Wildman–Crippen LogP) is 0.501. The van der Waals surface area contributed by atoms with Gasteiger partial charge in [-0.2, -0.15) is 8.42 Å². The molecule has 1 aromatic heterocycles. The molecule has 0 aromatic carbocycles. The predicted molar refractivity (Wildman–Crippen MR) is 81.9 cm³/mol. The third-order valence-corrected chi connectivity index (χ3v) is 4.48. The number of halogens is 1. The number of ether oxygens (including phenoxy) is 1. The molecule has 0 radical (unpaired) electrons. The summed E-state index contributed by atoms with van der Waals surface area (Å²) in [5.41, 5.74) is -0.649. The summed E-state index contributed by atoms with van der Waals surface area (Å²) in [7, 11) is -3.87. The molecular weight excluding hydrogens is 346 g/mol. The summed E-state index contributed by atoms with van der Waals surface area (Å²) in [5.74, 6) is -0.406. The van der Waals surface area contributed by atoms with E-state index in [0.717, 1.165) is 6.26 Å². The van der Waals surface area contributed by atoms with Crippen LogP contribution < -0.4 is 4.90 Å². The van der Waals surface area contributed by atoms with Crippen LogP contribution in [0, 0.1) is 0 Å². The van der Waals surface area contributed by atoms with Gasteiger partial charge in [-0.3, -0.25) is 0 Å². The quantitative estimate of drug-likeness (QED) is 0.564. The number of hydrogen-bond donors (Lipinski definition) is 0. The Kier molecular flexibility index (Phi) is 4.19. The second-order valence-corrected chi connectivity index (χ2v) is 7.59. The van der Waals surface area contributed by atoms with E-state index in [0.29, 0.717) is 50.8 Å². The average molecular weight is 362 g/mol. The molecule has 1 aromatic rings. The van der Waals surface area contributed by atoms with Crippen molar-refractivity contribution in [3.63, 3.8) is 0 Å². The second-order valence-electron chi connectivity index (χ2n) is 5.63. The summed E-state index contributed by atoms with van der Waals surface area (Å²) in [4.78, 5) is 22.7. The van der Waals surface area contributed by atoms with Gasteiger partial charge >= 0.3 is 16.1 Å². The first-order valence-electron chi connectivity index (χ1n) is 7.12. The summed E-state index contributed by atoms with van der Waals surface area (Å²) in [6.07, 6.45) is 1.78. The largest absolute Gasteiger partial charge is 0.378 e. The van der Waals surface area contributed by atoms with E-state index in [1.807, 2.05) is 4.90 Å². The third-order valence-electron chi connectivity index (χ3n) is 3.84. The number of carbonyl (C=O) groups excluding carboxylic acids is 1. The van der Waals surface area contributed by atoms with Gasteiger partial charge in [-0.15, -0.1) is 0 Å². The summed E-state index contributed by atoms with van der Waals surface area (Å²) in [6, 6.07) is 1.49. The molecule has 0 spiro atoms. The average Bonchev–Trinajstić information content (AvgIpc) is 3.27. The minimum atomic E-state index is -3.87. The van der Waals surface area contributed by atoms with Gasteiger partial charge in [0, 0.05) is 13.1 Å². The van der Waals surface area contributed by atoms with Crippen molar-refractivity contribution in [1.82, 2.24) is 9.97 Å². The number of morpholine rings is 1. The Hall–Kier alpha value is -1.45. The van der Waals surface area contributed by atoms with Gasteiger partial charge in [0.15, 0.2) is 0 Å². The maximum atomic E-state index is 12.2. The van der Waals surface area contributed by atoms with Crippen molar-refractivity contribution in [2.45, 2.75) is 18.3 Å². The Balaban J connectivity index is 1.90. The zero-order valence-corrected chi connectivity index (χ0v) is 14.1. The van der Waals surface area contributed by atoms with Crippen LogP contribution >= 0.6 is 11.6 Å². The van der Waals surface area contributed by atoms with E-state index in [1.54, 1.807) is 0 Å². The minimum Gasteiger partial charge on any atom is -0.378 e. The van der Waals surface area contributed by atoms with Crippen molar-refractivity contribution in [3.05, 3.63) is 16.9 Å². The molecule has 0 bridgehead atoms. The lowest BCUT2D eigenvalue weighted by Crippen LogP contribution is -2.38. The maximum absolute atomic E-state index is 12.2. The van der Waals surface area contributed by atoms with Crippen molar-refractivity contribution < 1.29 is 22.1 Å². The van der Waals surface area contributed by atoms with Gasteiger partial charge in [-0.25, -0.2) is 14.8 Å². The SMILES string of the molecule is CS(=O)(=O)OC(=O)C1(c2cc(Cl)nc(N3CCOCC3)n2)CC1. The maximum Gasteiger partial charge on any atom is 0.334 e. The van der Waals surface area contributed by atoms with Crippen LogP contribution in [0.2, 0.25) is 5.15 Å². The molecule has 1 aliphatic heterocycles. The van der Waals surface area contributed by atoms with E-state index in [-0.39, 0.29) is 5.15 Å². The molecule has 0 N–H and O–H groups in total. The van der Waals surface area contributed by atoms with Crippen LogP contribution in [0.3, 0.4) is 0 Å². The molecule has 0 atom stereocenters. The molecule has 23 heavy (non-hydrogen) atoms. The van der Waals surface area contributed by atoms with Gasteiger partial charge in [-0.1, -0.05) is 11.6 Å². The second kappa shape index (κ2) is 5.88. The lowest BCUT2D eigenvalue weighted by atomic mass is 10.0. The van der Waals surface area contributed by atoms with Gasteiger partial charge in [-0.05, 0) is 18.9 Å². The van der Waals surface area contributed by atoms with Crippen molar-refractivity contribution in [1.29, 1.82) is 0 Å². The Labute approximate surface area is 138 Å². The van der Waals surface area contributed by atoms with Crippen molar-refractivity contribution in [3.8, 4) is 0 Å². The smallest absolute Gasteiger partial charge is 0.334 e. The number of rotatable bonds is 4. The van der Waals surface area contributed by atoms with Gasteiger partial charge in [0.05, 0.1) is 25.2 Å². The molecule has 2 fully saturated rings. The first kappa shape index (κ1) is 16.4. The summed E-state index contributed by atoms with van der Waals surface area (Å²) < 4.78 is 32.2. The highest BCUT2D eigenvalue weighted by Crippen LogP contribution is 2.49. The van der Waals surface area contributed by atoms with Crippen LogP contribution in [0.1, 0.15) is 18.5 Å². The summed E-state index contributed by atoms with van der Waals surface area (Å²) in [5, 5.41) is 0.204. The van der Waals surface area contributed by atoms with Crippen LogP contribution in [-0.4, -0.2) is 56.9 Å². The number of carbonyl (C=O) groups is 1. The van der Waals surface area contributed by atoms with Crippen molar-refractivity contribution >= 4 is 33.6 Å². The van der Waals surface area contributed by atoms with E-state index >= 15 is 0 Å². The number of hydrogen-bond acceptors (Lipinski definition) is 8. The van der Waals surface area contributed by atoms with Crippen LogP contribution in [-0.2, 0) is 29.2 Å². The number of anilines is 1.